The zero-order valence-electron chi connectivity index (χ0n) is 17.0. The SMILES string of the molecule is CC(C)N(C(=O)c1cc(Cl)sc1Cl)c1ccc(Oc2ncccc2C(F)(F)F)cc1C(=O)O. The van der Waals surface area contributed by atoms with E-state index in [-0.39, 0.29) is 31.2 Å². The molecule has 0 aliphatic heterocycles. The number of aromatic carboxylic acids is 1. The molecule has 0 aliphatic rings. The molecular formula is C21H15Cl2F3N2O4S. The molecule has 3 rings (SSSR count). The lowest BCUT2D eigenvalue weighted by Gasteiger charge is -2.28. The Morgan fingerprint density at radius 1 is 1.15 bits per heavy atom. The van der Waals surface area contributed by atoms with Gasteiger partial charge in [-0.3, -0.25) is 4.79 Å². The molecule has 1 amide bonds. The van der Waals surface area contributed by atoms with Crippen LogP contribution in [0, 0.1) is 0 Å². The number of carboxylic acid groups (broad SMARTS) is 1. The first-order valence-corrected chi connectivity index (χ1v) is 10.8. The molecule has 2 aromatic heterocycles. The summed E-state index contributed by atoms with van der Waals surface area (Å²) in [4.78, 5) is 29.9. The second kappa shape index (κ2) is 9.58. The number of halogens is 5. The largest absolute Gasteiger partial charge is 0.478 e. The minimum atomic E-state index is -4.72. The number of carboxylic acids is 1. The lowest BCUT2D eigenvalue weighted by Crippen LogP contribution is -2.38. The molecule has 0 spiro atoms. The minimum Gasteiger partial charge on any atom is -0.478 e. The number of nitrogens with zero attached hydrogens (tertiary/aromatic N) is 2. The lowest BCUT2D eigenvalue weighted by atomic mass is 10.1. The zero-order chi connectivity index (χ0) is 24.5. The summed E-state index contributed by atoms with van der Waals surface area (Å²) in [5.41, 5.74) is -1.38. The zero-order valence-corrected chi connectivity index (χ0v) is 19.3. The summed E-state index contributed by atoms with van der Waals surface area (Å²) < 4.78 is 45.4. The molecule has 0 fully saturated rings. The highest BCUT2D eigenvalue weighted by molar-refractivity contribution is 7.20. The van der Waals surface area contributed by atoms with E-state index in [9.17, 15) is 27.9 Å². The Morgan fingerprint density at radius 3 is 2.39 bits per heavy atom. The van der Waals surface area contributed by atoms with Gasteiger partial charge >= 0.3 is 12.1 Å². The number of benzene rings is 1. The minimum absolute atomic E-state index is 0.00491. The van der Waals surface area contributed by atoms with Crippen molar-refractivity contribution in [2.45, 2.75) is 26.1 Å². The fourth-order valence-electron chi connectivity index (χ4n) is 3.00. The molecule has 0 unspecified atom stereocenters. The van der Waals surface area contributed by atoms with Crippen molar-refractivity contribution < 1.29 is 32.6 Å². The summed E-state index contributed by atoms with van der Waals surface area (Å²) in [5.74, 6) is -2.93. The monoisotopic (exact) mass is 518 g/mol. The summed E-state index contributed by atoms with van der Waals surface area (Å²) in [5, 5.41) is 9.75. The van der Waals surface area contributed by atoms with E-state index in [4.69, 9.17) is 27.9 Å². The lowest BCUT2D eigenvalue weighted by molar-refractivity contribution is -0.138. The molecular weight excluding hydrogens is 504 g/mol. The Balaban J connectivity index is 2.05. The number of carbonyl (C=O) groups is 2. The van der Waals surface area contributed by atoms with Crippen LogP contribution in [0.1, 0.15) is 40.1 Å². The molecule has 1 aromatic carbocycles. The number of alkyl halides is 3. The van der Waals surface area contributed by atoms with Gasteiger partial charge in [-0.1, -0.05) is 23.2 Å². The maximum absolute atomic E-state index is 13.2. The van der Waals surface area contributed by atoms with E-state index in [0.717, 1.165) is 35.7 Å². The van der Waals surface area contributed by atoms with Crippen LogP contribution in [0.4, 0.5) is 18.9 Å². The summed E-state index contributed by atoms with van der Waals surface area (Å²) in [7, 11) is 0. The molecule has 33 heavy (non-hydrogen) atoms. The number of amides is 1. The van der Waals surface area contributed by atoms with Gasteiger partial charge in [-0.25, -0.2) is 9.78 Å². The molecule has 1 N–H and O–H groups in total. The van der Waals surface area contributed by atoms with Gasteiger partial charge in [0.25, 0.3) is 5.91 Å². The van der Waals surface area contributed by atoms with Crippen LogP contribution in [0.2, 0.25) is 8.67 Å². The Labute approximate surface area is 200 Å². The van der Waals surface area contributed by atoms with E-state index >= 15 is 0 Å². The van der Waals surface area contributed by atoms with Crippen LogP contribution in [-0.2, 0) is 6.18 Å². The van der Waals surface area contributed by atoms with Gasteiger partial charge in [0.15, 0.2) is 0 Å². The normalized spacial score (nSPS) is 11.5. The molecule has 2 heterocycles. The molecule has 12 heteroatoms. The third-order valence-corrected chi connectivity index (χ3v) is 5.86. The second-order valence-electron chi connectivity index (χ2n) is 6.95. The third kappa shape index (κ3) is 5.40. The molecule has 0 aliphatic carbocycles. The molecule has 0 bridgehead atoms. The maximum Gasteiger partial charge on any atom is 0.421 e. The van der Waals surface area contributed by atoms with E-state index in [2.05, 4.69) is 4.98 Å². The molecule has 3 aromatic rings. The van der Waals surface area contributed by atoms with Gasteiger partial charge in [0.05, 0.1) is 21.2 Å². The molecule has 0 saturated heterocycles. The van der Waals surface area contributed by atoms with Gasteiger partial charge in [0.1, 0.15) is 15.6 Å². The van der Waals surface area contributed by atoms with E-state index in [0.29, 0.717) is 0 Å². The number of hydrogen-bond acceptors (Lipinski definition) is 5. The van der Waals surface area contributed by atoms with E-state index < -0.39 is 35.5 Å². The number of ether oxygens (including phenoxy) is 1. The van der Waals surface area contributed by atoms with E-state index in [1.54, 1.807) is 13.8 Å². The van der Waals surface area contributed by atoms with Crippen molar-refractivity contribution in [1.29, 1.82) is 0 Å². The van der Waals surface area contributed by atoms with Crippen LogP contribution >= 0.6 is 34.5 Å². The second-order valence-corrected chi connectivity index (χ2v) is 9.23. The number of pyridine rings is 1. The van der Waals surface area contributed by atoms with Gasteiger partial charge in [0, 0.05) is 12.2 Å². The van der Waals surface area contributed by atoms with Crippen LogP contribution in [0.15, 0.2) is 42.6 Å². The standard InChI is InChI=1S/C21H15Cl2F3N2O4S/c1-10(2)28(19(29)13-9-16(22)33-17(13)23)15-6-5-11(8-12(15)20(30)31)32-18-14(21(24,25)26)4-3-7-27-18/h3-10H,1-2H3,(H,30,31). The van der Waals surface area contributed by atoms with E-state index in [1.165, 1.54) is 23.1 Å². The fraction of sp³-hybridized carbons (Fsp3) is 0.190. The number of anilines is 1. The van der Waals surface area contributed by atoms with Crippen molar-refractivity contribution in [3.63, 3.8) is 0 Å². The number of aromatic nitrogens is 1. The highest BCUT2D eigenvalue weighted by Crippen LogP contribution is 2.38. The van der Waals surface area contributed by atoms with Crippen LogP contribution < -0.4 is 9.64 Å². The number of carbonyl (C=O) groups excluding carboxylic acids is 1. The van der Waals surface area contributed by atoms with Crippen molar-refractivity contribution in [1.82, 2.24) is 4.98 Å². The average molecular weight is 519 g/mol. The number of thiophene rings is 1. The van der Waals surface area contributed by atoms with Gasteiger partial charge in [-0.2, -0.15) is 13.2 Å². The van der Waals surface area contributed by atoms with Crippen molar-refractivity contribution in [2.75, 3.05) is 4.90 Å². The smallest absolute Gasteiger partial charge is 0.421 e. The molecule has 174 valence electrons. The van der Waals surface area contributed by atoms with Crippen LogP contribution in [0.3, 0.4) is 0 Å². The molecule has 0 radical (unpaired) electrons. The van der Waals surface area contributed by atoms with E-state index in [1.807, 2.05) is 0 Å². The highest BCUT2D eigenvalue weighted by Gasteiger charge is 2.35. The average Bonchev–Trinajstić information content (AvgIpc) is 3.06. The predicted molar refractivity (Wildman–Crippen MR) is 119 cm³/mol. The molecule has 0 saturated carbocycles. The Kier molecular flexibility index (Phi) is 7.20. The fourth-order valence-corrected chi connectivity index (χ4v) is 4.45. The maximum atomic E-state index is 13.2. The van der Waals surface area contributed by atoms with Crippen molar-refractivity contribution >= 4 is 52.1 Å². The molecule has 0 atom stereocenters. The highest BCUT2D eigenvalue weighted by atomic mass is 35.5. The Morgan fingerprint density at radius 2 is 1.85 bits per heavy atom. The first kappa shape index (κ1) is 24.8. The predicted octanol–water partition coefficient (Wildman–Crippen LogP) is 7.01. The van der Waals surface area contributed by atoms with Crippen LogP contribution in [-0.4, -0.2) is 28.0 Å². The Bertz CT molecular complexity index is 1210. The van der Waals surface area contributed by atoms with Crippen molar-refractivity contribution in [3.05, 3.63) is 68.0 Å². The quantitative estimate of drug-likeness (QED) is 0.379. The van der Waals surface area contributed by atoms with Gasteiger partial charge < -0.3 is 14.7 Å². The third-order valence-electron chi connectivity index (χ3n) is 4.37. The summed E-state index contributed by atoms with van der Waals surface area (Å²) >= 11 is 13.0. The molecule has 6 nitrogen and oxygen atoms in total. The van der Waals surface area contributed by atoms with Crippen LogP contribution in [0.5, 0.6) is 11.6 Å². The van der Waals surface area contributed by atoms with Crippen molar-refractivity contribution in [2.24, 2.45) is 0 Å². The topological polar surface area (TPSA) is 79.7 Å². The van der Waals surface area contributed by atoms with Crippen LogP contribution in [0.25, 0.3) is 0 Å². The van der Waals surface area contributed by atoms with Gasteiger partial charge in [-0.15, -0.1) is 11.3 Å². The summed E-state index contributed by atoms with van der Waals surface area (Å²) in [6, 6.07) is 6.33. The van der Waals surface area contributed by atoms with Crippen molar-refractivity contribution in [3.8, 4) is 11.6 Å². The first-order chi connectivity index (χ1) is 15.4. The number of hydrogen-bond donors (Lipinski definition) is 1. The van der Waals surface area contributed by atoms with Gasteiger partial charge in [0.2, 0.25) is 5.88 Å². The Hall–Kier alpha value is -2.82. The first-order valence-electron chi connectivity index (χ1n) is 9.26. The summed E-state index contributed by atoms with van der Waals surface area (Å²) in [6.07, 6.45) is -3.60. The number of rotatable bonds is 6. The van der Waals surface area contributed by atoms with Gasteiger partial charge in [-0.05, 0) is 50.2 Å². The summed E-state index contributed by atoms with van der Waals surface area (Å²) in [6.45, 7) is 3.33.